The second kappa shape index (κ2) is 4.37. The number of nitrogens with zero attached hydrogens (tertiary/aromatic N) is 2. The predicted octanol–water partition coefficient (Wildman–Crippen LogP) is 3.01. The largest absolute Gasteiger partial charge is 0.471 e. The molecule has 2 rings (SSSR count). The predicted molar refractivity (Wildman–Crippen MR) is 66.0 cm³/mol. The van der Waals surface area contributed by atoms with E-state index in [1.165, 1.54) is 5.56 Å². The van der Waals surface area contributed by atoms with Crippen molar-refractivity contribution < 1.29 is 4.74 Å². The molecule has 0 fully saturated rings. The van der Waals surface area contributed by atoms with E-state index in [4.69, 9.17) is 10.00 Å². The summed E-state index contributed by atoms with van der Waals surface area (Å²) in [5, 5.41) is 9.15. The number of aryl methyl sites for hydroxylation is 2. The molecule has 0 unspecified atom stereocenters. The minimum Gasteiger partial charge on any atom is -0.471 e. The van der Waals surface area contributed by atoms with E-state index in [1.54, 1.807) is 0 Å². The van der Waals surface area contributed by atoms with Crippen LogP contribution in [-0.4, -0.2) is 10.6 Å². The molecule has 1 aromatic heterocycles. The summed E-state index contributed by atoms with van der Waals surface area (Å²) in [6.45, 7) is 6.10. The Kier molecular flexibility index (Phi) is 3.06. The van der Waals surface area contributed by atoms with Gasteiger partial charge in [-0.05, 0) is 51.2 Å². The monoisotopic (exact) mass is 230 g/mol. The molecule has 1 aliphatic rings. The molecule has 0 radical (unpaired) electrons. The van der Waals surface area contributed by atoms with Gasteiger partial charge in [0, 0.05) is 5.69 Å². The zero-order valence-corrected chi connectivity index (χ0v) is 10.7. The summed E-state index contributed by atoms with van der Waals surface area (Å²) in [6.07, 6.45) is 4.06. The lowest BCUT2D eigenvalue weighted by atomic mass is 10.1. The fourth-order valence-electron chi connectivity index (χ4n) is 1.94. The zero-order valence-electron chi connectivity index (χ0n) is 10.7. The van der Waals surface area contributed by atoms with Crippen LogP contribution in [0.5, 0.6) is 5.88 Å². The average molecular weight is 230 g/mol. The Morgan fingerprint density at radius 2 is 2.24 bits per heavy atom. The number of nitriles is 1. The number of pyridine rings is 1. The van der Waals surface area contributed by atoms with Gasteiger partial charge in [0.15, 0.2) is 0 Å². The van der Waals surface area contributed by atoms with Gasteiger partial charge >= 0.3 is 0 Å². The van der Waals surface area contributed by atoms with E-state index in [2.05, 4.69) is 18.0 Å². The molecule has 0 amide bonds. The normalized spacial score (nSPS) is 14.2. The van der Waals surface area contributed by atoms with E-state index in [9.17, 15) is 0 Å². The van der Waals surface area contributed by atoms with Crippen LogP contribution >= 0.6 is 0 Å². The molecule has 0 atom stereocenters. The fourth-order valence-corrected chi connectivity index (χ4v) is 1.94. The van der Waals surface area contributed by atoms with Crippen LogP contribution in [0.2, 0.25) is 0 Å². The number of hydrogen-bond acceptors (Lipinski definition) is 3. The Morgan fingerprint density at radius 1 is 1.47 bits per heavy atom. The molecule has 0 saturated carbocycles. The van der Waals surface area contributed by atoms with Crippen molar-refractivity contribution in [2.45, 2.75) is 52.1 Å². The molecule has 3 nitrogen and oxygen atoms in total. The second-order valence-corrected chi connectivity index (χ2v) is 5.13. The van der Waals surface area contributed by atoms with Crippen molar-refractivity contribution in [3.63, 3.8) is 0 Å². The molecule has 17 heavy (non-hydrogen) atoms. The molecule has 0 bridgehead atoms. The SMILES string of the molecule is CCC(C)(C)Oc1nc2c(cc1C#N)CCC2. The maximum Gasteiger partial charge on any atom is 0.232 e. The van der Waals surface area contributed by atoms with Crippen molar-refractivity contribution in [2.24, 2.45) is 0 Å². The van der Waals surface area contributed by atoms with Crippen molar-refractivity contribution >= 4 is 0 Å². The van der Waals surface area contributed by atoms with Gasteiger partial charge in [-0.3, -0.25) is 0 Å². The summed E-state index contributed by atoms with van der Waals surface area (Å²) in [5.74, 6) is 0.500. The van der Waals surface area contributed by atoms with E-state index in [-0.39, 0.29) is 5.60 Å². The van der Waals surface area contributed by atoms with Crippen LogP contribution in [0, 0.1) is 11.3 Å². The third-order valence-electron chi connectivity index (χ3n) is 3.36. The Hall–Kier alpha value is -1.56. The van der Waals surface area contributed by atoms with Crippen LogP contribution in [0.15, 0.2) is 6.07 Å². The van der Waals surface area contributed by atoms with Gasteiger partial charge in [-0.2, -0.15) is 5.26 Å². The molecule has 0 N–H and O–H groups in total. The maximum absolute atomic E-state index is 9.15. The van der Waals surface area contributed by atoms with Crippen LogP contribution in [0.25, 0.3) is 0 Å². The lowest BCUT2D eigenvalue weighted by Crippen LogP contribution is -2.28. The highest BCUT2D eigenvalue weighted by atomic mass is 16.5. The van der Waals surface area contributed by atoms with Crippen LogP contribution in [0.1, 0.15) is 50.4 Å². The number of rotatable bonds is 3. The van der Waals surface area contributed by atoms with Gasteiger partial charge in [-0.15, -0.1) is 0 Å². The van der Waals surface area contributed by atoms with Gasteiger partial charge < -0.3 is 4.74 Å². The molecule has 3 heteroatoms. The highest BCUT2D eigenvalue weighted by molar-refractivity contribution is 5.44. The molecule has 0 spiro atoms. The van der Waals surface area contributed by atoms with Crippen molar-refractivity contribution in [2.75, 3.05) is 0 Å². The van der Waals surface area contributed by atoms with Crippen LogP contribution in [-0.2, 0) is 12.8 Å². The summed E-state index contributed by atoms with van der Waals surface area (Å²) in [6, 6.07) is 4.13. The van der Waals surface area contributed by atoms with Gasteiger partial charge in [0.1, 0.15) is 17.2 Å². The lowest BCUT2D eigenvalue weighted by Gasteiger charge is -2.24. The fraction of sp³-hybridized carbons (Fsp3) is 0.571. The van der Waals surface area contributed by atoms with Gasteiger partial charge in [-0.1, -0.05) is 6.92 Å². The van der Waals surface area contributed by atoms with E-state index in [0.717, 1.165) is 31.4 Å². The van der Waals surface area contributed by atoms with Crippen molar-refractivity contribution in [3.05, 3.63) is 22.9 Å². The maximum atomic E-state index is 9.15. The summed E-state index contributed by atoms with van der Waals surface area (Å²) in [5.41, 5.74) is 2.60. The van der Waals surface area contributed by atoms with Crippen LogP contribution in [0.3, 0.4) is 0 Å². The first kappa shape index (κ1) is 11.9. The van der Waals surface area contributed by atoms with E-state index in [0.29, 0.717) is 11.4 Å². The third-order valence-corrected chi connectivity index (χ3v) is 3.36. The topological polar surface area (TPSA) is 45.9 Å². The first-order valence-electron chi connectivity index (χ1n) is 6.17. The van der Waals surface area contributed by atoms with Gasteiger partial charge in [0.05, 0.1) is 0 Å². The summed E-state index contributed by atoms with van der Waals surface area (Å²) in [7, 11) is 0. The molecular formula is C14H18N2O. The molecule has 0 aliphatic heterocycles. The number of hydrogen-bond donors (Lipinski definition) is 0. The Bertz CT molecular complexity index is 472. The zero-order chi connectivity index (χ0) is 12.5. The number of fused-ring (bicyclic) bond motifs is 1. The van der Waals surface area contributed by atoms with E-state index in [1.807, 2.05) is 19.9 Å². The minimum atomic E-state index is -0.272. The van der Waals surface area contributed by atoms with Crippen LogP contribution in [0.4, 0.5) is 0 Å². The highest BCUT2D eigenvalue weighted by Crippen LogP contribution is 2.28. The Balaban J connectivity index is 2.37. The Labute approximate surface area is 102 Å². The van der Waals surface area contributed by atoms with Gasteiger partial charge in [-0.25, -0.2) is 4.98 Å². The van der Waals surface area contributed by atoms with Crippen molar-refractivity contribution in [1.29, 1.82) is 5.26 Å². The summed E-state index contributed by atoms with van der Waals surface area (Å²) in [4.78, 5) is 4.51. The standard InChI is InChI=1S/C14H18N2O/c1-4-14(2,3)17-13-11(9-15)8-10-6-5-7-12(10)16-13/h8H,4-7H2,1-3H3. The molecule has 0 aromatic carbocycles. The molecule has 1 aromatic rings. The Morgan fingerprint density at radius 3 is 2.88 bits per heavy atom. The quantitative estimate of drug-likeness (QED) is 0.801. The first-order chi connectivity index (χ1) is 8.05. The van der Waals surface area contributed by atoms with Crippen molar-refractivity contribution in [1.82, 2.24) is 4.98 Å². The summed E-state index contributed by atoms with van der Waals surface area (Å²) < 4.78 is 5.86. The van der Waals surface area contributed by atoms with E-state index >= 15 is 0 Å². The highest BCUT2D eigenvalue weighted by Gasteiger charge is 2.22. The van der Waals surface area contributed by atoms with Gasteiger partial charge in [0.2, 0.25) is 5.88 Å². The molecular weight excluding hydrogens is 212 g/mol. The smallest absolute Gasteiger partial charge is 0.232 e. The second-order valence-electron chi connectivity index (χ2n) is 5.13. The first-order valence-corrected chi connectivity index (χ1v) is 6.17. The summed E-state index contributed by atoms with van der Waals surface area (Å²) >= 11 is 0. The van der Waals surface area contributed by atoms with Crippen molar-refractivity contribution in [3.8, 4) is 11.9 Å². The van der Waals surface area contributed by atoms with Gasteiger partial charge in [0.25, 0.3) is 0 Å². The third kappa shape index (κ3) is 2.41. The molecule has 0 saturated heterocycles. The molecule has 90 valence electrons. The minimum absolute atomic E-state index is 0.272. The number of ether oxygens (including phenoxy) is 1. The van der Waals surface area contributed by atoms with E-state index < -0.39 is 0 Å². The average Bonchev–Trinajstić information content (AvgIpc) is 2.74. The van der Waals surface area contributed by atoms with Crippen LogP contribution < -0.4 is 4.74 Å². The molecule has 1 aliphatic carbocycles. The number of aromatic nitrogens is 1. The lowest BCUT2D eigenvalue weighted by molar-refractivity contribution is 0.0983. The molecule has 1 heterocycles.